The second-order valence-electron chi connectivity index (χ2n) is 5.82. The van der Waals surface area contributed by atoms with Crippen LogP contribution in [0.4, 0.5) is 5.69 Å². The van der Waals surface area contributed by atoms with E-state index in [-0.39, 0.29) is 0 Å². The molecule has 2 unspecified atom stereocenters. The summed E-state index contributed by atoms with van der Waals surface area (Å²) in [6.07, 6.45) is 5.07. The Labute approximate surface area is 131 Å². The van der Waals surface area contributed by atoms with Gasteiger partial charge in [-0.2, -0.15) is 0 Å². The third-order valence-corrected chi connectivity index (χ3v) is 4.60. The molecule has 1 aliphatic carbocycles. The summed E-state index contributed by atoms with van der Waals surface area (Å²) in [5.74, 6) is 0.579. The standard InChI is InChI=1S/C18H21ClN2/c1-13-16(11-12-18(19)20-13)21-17-10-6-5-9-15(17)14-7-3-2-4-8-14/h2-4,7-8,11-12,15,17,21H,5-6,9-10H2,1H3. The van der Waals surface area contributed by atoms with Gasteiger partial charge in [-0.1, -0.05) is 54.8 Å². The van der Waals surface area contributed by atoms with Crippen LogP contribution in [0.5, 0.6) is 0 Å². The van der Waals surface area contributed by atoms with E-state index in [1.807, 2.05) is 19.1 Å². The van der Waals surface area contributed by atoms with Gasteiger partial charge >= 0.3 is 0 Å². The average Bonchev–Trinajstić information content (AvgIpc) is 2.51. The third kappa shape index (κ3) is 3.38. The Morgan fingerprint density at radius 1 is 1.05 bits per heavy atom. The molecule has 110 valence electrons. The van der Waals surface area contributed by atoms with Gasteiger partial charge in [0.25, 0.3) is 0 Å². The normalized spacial score (nSPS) is 22.0. The van der Waals surface area contributed by atoms with E-state index in [9.17, 15) is 0 Å². The molecule has 0 amide bonds. The summed E-state index contributed by atoms with van der Waals surface area (Å²) in [4.78, 5) is 4.34. The van der Waals surface area contributed by atoms with E-state index in [1.54, 1.807) is 0 Å². The first kappa shape index (κ1) is 14.4. The zero-order valence-corrected chi connectivity index (χ0v) is 13.1. The average molecular weight is 301 g/mol. The fourth-order valence-corrected chi connectivity index (χ4v) is 3.48. The van der Waals surface area contributed by atoms with E-state index in [4.69, 9.17) is 11.6 Å². The Kier molecular flexibility index (Phi) is 4.45. The molecule has 1 aromatic carbocycles. The van der Waals surface area contributed by atoms with Crippen LogP contribution in [-0.2, 0) is 0 Å². The molecule has 2 aromatic rings. The number of hydrogen-bond acceptors (Lipinski definition) is 2. The maximum absolute atomic E-state index is 5.95. The molecule has 0 bridgehead atoms. The van der Waals surface area contributed by atoms with Gasteiger partial charge in [0.1, 0.15) is 5.15 Å². The van der Waals surface area contributed by atoms with Gasteiger partial charge in [-0.05, 0) is 37.5 Å². The summed E-state index contributed by atoms with van der Waals surface area (Å²) in [7, 11) is 0. The van der Waals surface area contributed by atoms with Crippen LogP contribution in [0.25, 0.3) is 0 Å². The van der Waals surface area contributed by atoms with E-state index in [0.717, 1.165) is 11.4 Å². The van der Waals surface area contributed by atoms with Gasteiger partial charge in [0.05, 0.1) is 11.4 Å². The highest BCUT2D eigenvalue weighted by Gasteiger charge is 2.26. The first-order valence-corrected chi connectivity index (χ1v) is 8.06. The molecule has 1 N–H and O–H groups in total. The van der Waals surface area contributed by atoms with Crippen molar-refractivity contribution in [3.05, 3.63) is 58.9 Å². The molecule has 1 fully saturated rings. The van der Waals surface area contributed by atoms with E-state index in [1.165, 1.54) is 31.2 Å². The molecular weight excluding hydrogens is 280 g/mol. The number of halogens is 1. The molecule has 1 heterocycles. The molecule has 21 heavy (non-hydrogen) atoms. The number of nitrogens with zero attached hydrogens (tertiary/aromatic N) is 1. The van der Waals surface area contributed by atoms with Crippen LogP contribution in [0.3, 0.4) is 0 Å². The van der Waals surface area contributed by atoms with Gasteiger partial charge in [-0.25, -0.2) is 4.98 Å². The fourth-order valence-electron chi connectivity index (χ4n) is 3.29. The fraction of sp³-hybridized carbons (Fsp3) is 0.389. The van der Waals surface area contributed by atoms with Crippen LogP contribution >= 0.6 is 11.6 Å². The summed E-state index contributed by atoms with van der Waals surface area (Å²) in [5.41, 5.74) is 3.52. The van der Waals surface area contributed by atoms with Crippen LogP contribution in [0.2, 0.25) is 5.15 Å². The Bertz CT molecular complexity index is 597. The summed E-state index contributed by atoms with van der Waals surface area (Å²) >= 11 is 5.95. The molecule has 0 aliphatic heterocycles. The highest BCUT2D eigenvalue weighted by molar-refractivity contribution is 6.29. The van der Waals surface area contributed by atoms with Gasteiger partial charge in [-0.3, -0.25) is 0 Å². The summed E-state index contributed by atoms with van der Waals surface area (Å²) in [5, 5.41) is 4.26. The Morgan fingerprint density at radius 2 is 1.81 bits per heavy atom. The molecule has 0 radical (unpaired) electrons. The molecule has 0 saturated heterocycles. The number of hydrogen-bond donors (Lipinski definition) is 1. The minimum absolute atomic E-state index is 0.475. The van der Waals surface area contributed by atoms with Crippen LogP contribution in [-0.4, -0.2) is 11.0 Å². The smallest absolute Gasteiger partial charge is 0.129 e. The Morgan fingerprint density at radius 3 is 2.57 bits per heavy atom. The van der Waals surface area contributed by atoms with Crippen molar-refractivity contribution in [2.75, 3.05) is 5.32 Å². The second-order valence-corrected chi connectivity index (χ2v) is 6.21. The van der Waals surface area contributed by atoms with E-state index in [2.05, 4.69) is 40.6 Å². The van der Waals surface area contributed by atoms with Crippen LogP contribution in [0.15, 0.2) is 42.5 Å². The molecule has 1 saturated carbocycles. The van der Waals surface area contributed by atoms with Crippen molar-refractivity contribution in [3.63, 3.8) is 0 Å². The number of pyridine rings is 1. The molecular formula is C18H21ClN2. The SMILES string of the molecule is Cc1nc(Cl)ccc1NC1CCCCC1c1ccccc1. The second kappa shape index (κ2) is 6.48. The van der Waals surface area contributed by atoms with Crippen molar-refractivity contribution < 1.29 is 0 Å². The molecule has 3 rings (SSSR count). The lowest BCUT2D eigenvalue weighted by molar-refractivity contribution is 0.405. The van der Waals surface area contributed by atoms with E-state index < -0.39 is 0 Å². The lowest BCUT2D eigenvalue weighted by Gasteiger charge is -2.33. The number of aryl methyl sites for hydroxylation is 1. The Balaban J connectivity index is 1.81. The minimum atomic E-state index is 0.475. The number of rotatable bonds is 3. The van der Waals surface area contributed by atoms with Crippen molar-refractivity contribution in [2.45, 2.75) is 44.6 Å². The first-order valence-electron chi connectivity index (χ1n) is 7.68. The zero-order chi connectivity index (χ0) is 14.7. The number of nitrogens with one attached hydrogen (secondary N) is 1. The molecule has 3 heteroatoms. The minimum Gasteiger partial charge on any atom is -0.380 e. The molecule has 0 spiro atoms. The van der Waals surface area contributed by atoms with E-state index >= 15 is 0 Å². The van der Waals surface area contributed by atoms with E-state index in [0.29, 0.717) is 17.1 Å². The number of aromatic nitrogens is 1. The van der Waals surface area contributed by atoms with Gasteiger partial charge in [0.2, 0.25) is 0 Å². The topological polar surface area (TPSA) is 24.9 Å². The quantitative estimate of drug-likeness (QED) is 0.790. The summed E-state index contributed by atoms with van der Waals surface area (Å²) < 4.78 is 0. The van der Waals surface area contributed by atoms with Crippen molar-refractivity contribution in [3.8, 4) is 0 Å². The number of benzene rings is 1. The lowest BCUT2D eigenvalue weighted by atomic mass is 9.80. The summed E-state index contributed by atoms with van der Waals surface area (Å²) in [6, 6.07) is 15.2. The van der Waals surface area contributed by atoms with Crippen LogP contribution in [0, 0.1) is 6.92 Å². The third-order valence-electron chi connectivity index (χ3n) is 4.39. The van der Waals surface area contributed by atoms with Crippen LogP contribution in [0.1, 0.15) is 42.9 Å². The highest BCUT2D eigenvalue weighted by atomic mass is 35.5. The Hall–Kier alpha value is -1.54. The van der Waals surface area contributed by atoms with Gasteiger partial charge in [0.15, 0.2) is 0 Å². The lowest BCUT2D eigenvalue weighted by Crippen LogP contribution is -2.31. The predicted molar refractivity (Wildman–Crippen MR) is 89.0 cm³/mol. The highest BCUT2D eigenvalue weighted by Crippen LogP contribution is 2.35. The maximum Gasteiger partial charge on any atom is 0.129 e. The maximum atomic E-state index is 5.95. The monoisotopic (exact) mass is 300 g/mol. The van der Waals surface area contributed by atoms with Gasteiger partial charge < -0.3 is 5.32 Å². The van der Waals surface area contributed by atoms with Gasteiger partial charge in [0, 0.05) is 12.0 Å². The molecule has 2 nitrogen and oxygen atoms in total. The molecule has 2 atom stereocenters. The largest absolute Gasteiger partial charge is 0.380 e. The van der Waals surface area contributed by atoms with Crippen molar-refractivity contribution in [1.29, 1.82) is 0 Å². The van der Waals surface area contributed by atoms with Crippen LogP contribution < -0.4 is 5.32 Å². The first-order chi connectivity index (χ1) is 10.2. The van der Waals surface area contributed by atoms with Crippen molar-refractivity contribution in [1.82, 2.24) is 4.98 Å². The zero-order valence-electron chi connectivity index (χ0n) is 12.3. The van der Waals surface area contributed by atoms with Crippen molar-refractivity contribution in [2.24, 2.45) is 0 Å². The summed E-state index contributed by atoms with van der Waals surface area (Å²) in [6.45, 7) is 2.01. The van der Waals surface area contributed by atoms with Gasteiger partial charge in [-0.15, -0.1) is 0 Å². The predicted octanol–water partition coefficient (Wildman–Crippen LogP) is 5.18. The number of anilines is 1. The molecule has 1 aromatic heterocycles. The van der Waals surface area contributed by atoms with Crippen molar-refractivity contribution >= 4 is 17.3 Å². The molecule has 1 aliphatic rings.